The summed E-state index contributed by atoms with van der Waals surface area (Å²) < 4.78 is 30.5. The van der Waals surface area contributed by atoms with Crippen LogP contribution in [0.5, 0.6) is 0 Å². The van der Waals surface area contributed by atoms with Crippen molar-refractivity contribution in [2.75, 3.05) is 5.75 Å². The molecule has 0 aromatic heterocycles. The first kappa shape index (κ1) is 13.2. The monoisotopic (exact) mass is 242 g/mol. The van der Waals surface area contributed by atoms with E-state index in [4.69, 9.17) is 4.55 Å². The highest BCUT2D eigenvalue weighted by atomic mass is 32.2. The van der Waals surface area contributed by atoms with Gasteiger partial charge in [-0.2, -0.15) is 8.42 Å². The van der Waals surface area contributed by atoms with Gasteiger partial charge in [0.25, 0.3) is 10.1 Å². The Balaban J connectivity index is 2.76. The molecule has 0 spiro atoms. The van der Waals surface area contributed by atoms with Crippen molar-refractivity contribution in [2.24, 2.45) is 5.41 Å². The lowest BCUT2D eigenvalue weighted by Crippen LogP contribution is -2.25. The lowest BCUT2D eigenvalue weighted by Gasteiger charge is -2.22. The predicted octanol–water partition coefficient (Wildman–Crippen LogP) is 2.45. The highest BCUT2D eigenvalue weighted by Gasteiger charge is 2.25. The van der Waals surface area contributed by atoms with E-state index in [0.29, 0.717) is 6.42 Å². The van der Waals surface area contributed by atoms with Gasteiger partial charge in [0.2, 0.25) is 0 Å². The number of hydrogen-bond donors (Lipinski definition) is 1. The predicted molar refractivity (Wildman–Crippen MR) is 65.1 cm³/mol. The van der Waals surface area contributed by atoms with E-state index in [1.165, 1.54) is 5.56 Å². The fourth-order valence-electron chi connectivity index (χ4n) is 1.80. The normalized spacial score (nSPS) is 12.8. The molecular weight excluding hydrogens is 224 g/mol. The van der Waals surface area contributed by atoms with Crippen LogP contribution in [0.2, 0.25) is 0 Å². The maximum absolute atomic E-state index is 10.8. The van der Waals surface area contributed by atoms with Crippen molar-refractivity contribution in [3.63, 3.8) is 0 Å². The van der Waals surface area contributed by atoms with Crippen LogP contribution < -0.4 is 0 Å². The minimum atomic E-state index is -3.91. The summed E-state index contributed by atoms with van der Waals surface area (Å²) in [4.78, 5) is 0. The average Bonchev–Trinajstić information content (AvgIpc) is 2.04. The molecule has 0 atom stereocenters. The summed E-state index contributed by atoms with van der Waals surface area (Å²) in [5.74, 6) is -0.214. The molecule has 0 radical (unpaired) electrons. The van der Waals surface area contributed by atoms with Gasteiger partial charge in [0.15, 0.2) is 0 Å². The van der Waals surface area contributed by atoms with Gasteiger partial charge in [-0.1, -0.05) is 43.7 Å². The van der Waals surface area contributed by atoms with E-state index in [1.807, 2.05) is 45.0 Å². The Morgan fingerprint density at radius 3 is 2.12 bits per heavy atom. The Morgan fingerprint density at radius 2 is 1.69 bits per heavy atom. The van der Waals surface area contributed by atoms with Crippen LogP contribution >= 0.6 is 0 Å². The molecule has 90 valence electrons. The zero-order valence-electron chi connectivity index (χ0n) is 9.90. The van der Waals surface area contributed by atoms with Crippen LogP contribution in [-0.2, 0) is 16.5 Å². The van der Waals surface area contributed by atoms with E-state index in [0.717, 1.165) is 5.56 Å². The first-order valence-corrected chi connectivity index (χ1v) is 6.80. The zero-order chi connectivity index (χ0) is 12.4. The first-order chi connectivity index (χ1) is 7.18. The topological polar surface area (TPSA) is 54.4 Å². The molecule has 1 aromatic rings. The Labute approximate surface area is 97.2 Å². The van der Waals surface area contributed by atoms with Crippen molar-refractivity contribution in [1.82, 2.24) is 0 Å². The molecule has 0 fully saturated rings. The largest absolute Gasteiger partial charge is 0.286 e. The maximum Gasteiger partial charge on any atom is 0.265 e. The third-order valence-corrected chi connectivity index (χ3v) is 3.52. The van der Waals surface area contributed by atoms with Crippen molar-refractivity contribution in [2.45, 2.75) is 27.2 Å². The number of aryl methyl sites for hydroxylation is 1. The van der Waals surface area contributed by atoms with Crippen molar-refractivity contribution in [1.29, 1.82) is 0 Å². The van der Waals surface area contributed by atoms with E-state index in [9.17, 15) is 8.42 Å². The minimum absolute atomic E-state index is 0.214. The van der Waals surface area contributed by atoms with Gasteiger partial charge >= 0.3 is 0 Å². The van der Waals surface area contributed by atoms with E-state index in [-0.39, 0.29) is 5.75 Å². The molecular formula is C12H18O3S. The second-order valence-electron chi connectivity index (χ2n) is 5.05. The fraction of sp³-hybridized carbons (Fsp3) is 0.500. The zero-order valence-corrected chi connectivity index (χ0v) is 10.7. The van der Waals surface area contributed by atoms with Gasteiger partial charge in [-0.25, -0.2) is 0 Å². The Bertz CT molecular complexity index is 444. The molecule has 0 saturated heterocycles. The van der Waals surface area contributed by atoms with E-state index in [2.05, 4.69) is 0 Å². The van der Waals surface area contributed by atoms with Crippen molar-refractivity contribution in [3.05, 3.63) is 35.4 Å². The second kappa shape index (κ2) is 4.55. The summed E-state index contributed by atoms with van der Waals surface area (Å²) in [6.45, 7) is 5.67. The molecule has 0 aliphatic rings. The number of hydrogen-bond acceptors (Lipinski definition) is 2. The van der Waals surface area contributed by atoms with Crippen molar-refractivity contribution in [3.8, 4) is 0 Å². The molecule has 0 amide bonds. The van der Waals surface area contributed by atoms with Gasteiger partial charge in [0.1, 0.15) is 0 Å². The van der Waals surface area contributed by atoms with Crippen LogP contribution in [-0.4, -0.2) is 18.7 Å². The van der Waals surface area contributed by atoms with Gasteiger partial charge in [-0.15, -0.1) is 0 Å². The van der Waals surface area contributed by atoms with Gasteiger partial charge in [-0.3, -0.25) is 4.55 Å². The highest BCUT2D eigenvalue weighted by molar-refractivity contribution is 7.85. The van der Waals surface area contributed by atoms with Gasteiger partial charge in [-0.05, 0) is 24.3 Å². The molecule has 1 rings (SSSR count). The average molecular weight is 242 g/mol. The number of rotatable bonds is 4. The fourth-order valence-corrected chi connectivity index (χ4v) is 2.89. The summed E-state index contributed by atoms with van der Waals surface area (Å²) in [6.07, 6.45) is 0.632. The van der Waals surface area contributed by atoms with E-state index >= 15 is 0 Å². The van der Waals surface area contributed by atoms with Crippen molar-refractivity contribution < 1.29 is 13.0 Å². The van der Waals surface area contributed by atoms with Crippen LogP contribution in [0.15, 0.2) is 24.3 Å². The second-order valence-corrected chi connectivity index (χ2v) is 6.51. The Morgan fingerprint density at radius 1 is 1.19 bits per heavy atom. The molecule has 3 nitrogen and oxygen atoms in total. The molecule has 0 aliphatic heterocycles. The molecule has 0 saturated carbocycles. The molecule has 0 bridgehead atoms. The summed E-state index contributed by atoms with van der Waals surface area (Å²) in [7, 11) is -3.91. The SMILES string of the molecule is Cc1ccc(CC(C)(C)CS(=O)(=O)O)cc1. The van der Waals surface area contributed by atoms with E-state index in [1.54, 1.807) is 0 Å². The van der Waals surface area contributed by atoms with Crippen molar-refractivity contribution >= 4 is 10.1 Å². The van der Waals surface area contributed by atoms with Gasteiger partial charge in [0, 0.05) is 0 Å². The standard InChI is InChI=1S/C12H18O3S/c1-10-4-6-11(7-5-10)8-12(2,3)9-16(13,14)15/h4-7H,8-9H2,1-3H3,(H,13,14,15). The quantitative estimate of drug-likeness (QED) is 0.825. The minimum Gasteiger partial charge on any atom is -0.286 e. The number of benzene rings is 1. The van der Waals surface area contributed by atoms with Crippen LogP contribution in [0.25, 0.3) is 0 Å². The molecule has 1 N–H and O–H groups in total. The third kappa shape index (κ3) is 4.77. The lowest BCUT2D eigenvalue weighted by molar-refractivity contribution is 0.387. The first-order valence-electron chi connectivity index (χ1n) is 5.19. The molecule has 0 unspecified atom stereocenters. The molecule has 16 heavy (non-hydrogen) atoms. The molecule has 0 aliphatic carbocycles. The van der Waals surface area contributed by atoms with Gasteiger partial charge < -0.3 is 0 Å². The maximum atomic E-state index is 10.8. The van der Waals surface area contributed by atoms with Crippen LogP contribution in [0.1, 0.15) is 25.0 Å². The van der Waals surface area contributed by atoms with Crippen LogP contribution in [0, 0.1) is 12.3 Å². The third-order valence-electron chi connectivity index (χ3n) is 2.38. The molecule has 1 aromatic carbocycles. The Kier molecular flexibility index (Phi) is 3.76. The highest BCUT2D eigenvalue weighted by Crippen LogP contribution is 2.23. The molecule has 4 heteroatoms. The lowest BCUT2D eigenvalue weighted by atomic mass is 9.88. The summed E-state index contributed by atoms with van der Waals surface area (Å²) in [5, 5.41) is 0. The van der Waals surface area contributed by atoms with Crippen LogP contribution in [0.4, 0.5) is 0 Å². The van der Waals surface area contributed by atoms with Crippen LogP contribution in [0.3, 0.4) is 0 Å². The molecule has 0 heterocycles. The smallest absolute Gasteiger partial charge is 0.265 e. The van der Waals surface area contributed by atoms with Gasteiger partial charge in [0.05, 0.1) is 5.75 Å². The summed E-state index contributed by atoms with van der Waals surface area (Å²) in [6, 6.07) is 7.97. The Hall–Kier alpha value is -0.870. The summed E-state index contributed by atoms with van der Waals surface area (Å²) in [5.41, 5.74) is 1.80. The summed E-state index contributed by atoms with van der Waals surface area (Å²) >= 11 is 0. The van der Waals surface area contributed by atoms with E-state index < -0.39 is 15.5 Å².